The molecule has 0 amide bonds. The van der Waals surface area contributed by atoms with Gasteiger partial charge in [-0.15, -0.1) is 11.3 Å². The van der Waals surface area contributed by atoms with Crippen molar-refractivity contribution in [1.29, 1.82) is 0 Å². The number of H-pyrrole nitrogens is 1. The number of ether oxygens (including phenoxy) is 1. The number of rotatable bonds is 6. The molecule has 1 aliphatic heterocycles. The van der Waals surface area contributed by atoms with E-state index < -0.39 is 5.97 Å². The Balaban J connectivity index is 1.50. The van der Waals surface area contributed by atoms with Crippen LogP contribution in [-0.2, 0) is 4.74 Å². The molecule has 30 heavy (non-hydrogen) atoms. The van der Waals surface area contributed by atoms with Crippen molar-refractivity contribution in [2.45, 2.75) is 39.5 Å². The molecule has 0 saturated carbocycles. The number of aryl methyl sites for hydroxylation is 2. The number of thiazole rings is 1. The third-order valence-corrected chi connectivity index (χ3v) is 6.86. The van der Waals surface area contributed by atoms with Crippen LogP contribution in [0.1, 0.15) is 62.8 Å². The van der Waals surface area contributed by atoms with Gasteiger partial charge in [0.1, 0.15) is 0 Å². The summed E-state index contributed by atoms with van der Waals surface area (Å²) in [4.78, 5) is 35.7. The van der Waals surface area contributed by atoms with Gasteiger partial charge < -0.3 is 9.72 Å². The van der Waals surface area contributed by atoms with E-state index >= 15 is 0 Å². The van der Waals surface area contributed by atoms with Crippen molar-refractivity contribution in [3.05, 3.63) is 51.8 Å². The Labute approximate surface area is 180 Å². The second-order valence-electron chi connectivity index (χ2n) is 7.86. The molecule has 3 heterocycles. The molecule has 1 fully saturated rings. The molecule has 0 unspecified atom stereocenters. The number of likely N-dealkylation sites (tertiary alicyclic amines) is 1. The molecule has 0 aliphatic carbocycles. The molecule has 3 aromatic rings. The maximum absolute atomic E-state index is 13.2. The standard InChI is InChI=1S/C23H27N3O3S/c1-4-29-23(28)21-15(3)24-14(2)20(21)18(27)13-26-11-7-8-16(12-26)22-25-17-9-5-6-10-19(17)30-22/h5-6,9-10,16,24H,4,7-8,11-13H2,1-3H3/t16-/m1/s1. The lowest BCUT2D eigenvalue weighted by molar-refractivity contribution is 0.0521. The summed E-state index contributed by atoms with van der Waals surface area (Å²) in [7, 11) is 0. The molecule has 7 heteroatoms. The number of Topliss-reactive ketones (excluding diaryl/α,β-unsaturated/α-hetero) is 1. The number of nitrogens with one attached hydrogen (secondary N) is 1. The lowest BCUT2D eigenvalue weighted by atomic mass is 9.97. The van der Waals surface area contributed by atoms with Gasteiger partial charge in [0.05, 0.1) is 39.5 Å². The van der Waals surface area contributed by atoms with Gasteiger partial charge in [0.25, 0.3) is 0 Å². The predicted octanol–water partition coefficient (Wildman–Crippen LogP) is 4.48. The van der Waals surface area contributed by atoms with E-state index in [9.17, 15) is 9.59 Å². The van der Waals surface area contributed by atoms with Crippen LogP contribution in [0.15, 0.2) is 24.3 Å². The Morgan fingerprint density at radius 2 is 2.00 bits per heavy atom. The number of aromatic amines is 1. The minimum Gasteiger partial charge on any atom is -0.462 e. The first kappa shape index (κ1) is 20.8. The Kier molecular flexibility index (Phi) is 6.01. The van der Waals surface area contributed by atoms with Crippen LogP contribution in [0.5, 0.6) is 0 Å². The molecule has 1 atom stereocenters. The molecule has 1 N–H and O–H groups in total. The van der Waals surface area contributed by atoms with Gasteiger partial charge in [0.15, 0.2) is 5.78 Å². The van der Waals surface area contributed by atoms with E-state index in [1.807, 2.05) is 25.1 Å². The summed E-state index contributed by atoms with van der Waals surface area (Å²) in [5, 5.41) is 1.15. The summed E-state index contributed by atoms with van der Waals surface area (Å²) < 4.78 is 6.38. The van der Waals surface area contributed by atoms with E-state index in [2.05, 4.69) is 16.0 Å². The van der Waals surface area contributed by atoms with Crippen LogP contribution in [0.4, 0.5) is 0 Å². The summed E-state index contributed by atoms with van der Waals surface area (Å²) in [5.74, 6) is -0.138. The van der Waals surface area contributed by atoms with Crippen LogP contribution < -0.4 is 0 Å². The summed E-state index contributed by atoms with van der Waals surface area (Å²) in [6.07, 6.45) is 2.12. The van der Waals surface area contributed by atoms with Gasteiger partial charge in [-0.25, -0.2) is 9.78 Å². The van der Waals surface area contributed by atoms with Crippen LogP contribution in [0.25, 0.3) is 10.2 Å². The number of fused-ring (bicyclic) bond motifs is 1. The molecule has 1 aliphatic rings. The molecular formula is C23H27N3O3S. The third-order valence-electron chi connectivity index (χ3n) is 5.67. The smallest absolute Gasteiger partial charge is 0.340 e. The van der Waals surface area contributed by atoms with Gasteiger partial charge in [-0.1, -0.05) is 12.1 Å². The number of piperidine rings is 1. The van der Waals surface area contributed by atoms with E-state index in [0.717, 1.165) is 42.1 Å². The molecule has 158 valence electrons. The first-order valence-electron chi connectivity index (χ1n) is 10.4. The number of ketones is 1. The summed E-state index contributed by atoms with van der Waals surface area (Å²) in [5.41, 5.74) is 3.29. The van der Waals surface area contributed by atoms with Gasteiger partial charge >= 0.3 is 5.97 Å². The fourth-order valence-corrected chi connectivity index (χ4v) is 5.43. The quantitative estimate of drug-likeness (QED) is 0.465. The highest BCUT2D eigenvalue weighted by Gasteiger charge is 2.29. The van der Waals surface area contributed by atoms with Crippen LogP contribution in [-0.4, -0.2) is 52.9 Å². The van der Waals surface area contributed by atoms with Gasteiger partial charge in [-0.2, -0.15) is 0 Å². The Morgan fingerprint density at radius 3 is 2.77 bits per heavy atom. The molecule has 1 saturated heterocycles. The highest BCUT2D eigenvalue weighted by atomic mass is 32.1. The fourth-order valence-electron chi connectivity index (χ4n) is 4.34. The molecule has 2 aromatic heterocycles. The number of carbonyl (C=O) groups excluding carboxylic acids is 2. The zero-order valence-electron chi connectivity index (χ0n) is 17.7. The topological polar surface area (TPSA) is 75.3 Å². The maximum atomic E-state index is 13.2. The predicted molar refractivity (Wildman–Crippen MR) is 119 cm³/mol. The number of hydrogen-bond donors (Lipinski definition) is 1. The second kappa shape index (κ2) is 8.70. The van der Waals surface area contributed by atoms with E-state index in [4.69, 9.17) is 9.72 Å². The van der Waals surface area contributed by atoms with Crippen molar-refractivity contribution in [3.63, 3.8) is 0 Å². The zero-order valence-corrected chi connectivity index (χ0v) is 18.5. The minimum atomic E-state index is -0.436. The van der Waals surface area contributed by atoms with Gasteiger partial charge in [-0.05, 0) is 52.3 Å². The lowest BCUT2D eigenvalue weighted by Gasteiger charge is -2.31. The average molecular weight is 426 g/mol. The average Bonchev–Trinajstić information content (AvgIpc) is 3.28. The van der Waals surface area contributed by atoms with Gasteiger partial charge in [-0.3, -0.25) is 9.69 Å². The number of hydrogen-bond acceptors (Lipinski definition) is 6. The molecule has 6 nitrogen and oxygen atoms in total. The van der Waals surface area contributed by atoms with Crippen molar-refractivity contribution >= 4 is 33.3 Å². The van der Waals surface area contributed by atoms with Crippen molar-refractivity contribution in [2.75, 3.05) is 26.2 Å². The largest absolute Gasteiger partial charge is 0.462 e. The minimum absolute atomic E-state index is 0.0372. The van der Waals surface area contributed by atoms with E-state index in [0.29, 0.717) is 29.3 Å². The third kappa shape index (κ3) is 4.04. The molecule has 0 bridgehead atoms. The molecule has 1 aromatic carbocycles. The van der Waals surface area contributed by atoms with Crippen LogP contribution >= 0.6 is 11.3 Å². The number of aromatic nitrogens is 2. The number of esters is 1. The highest BCUT2D eigenvalue weighted by Crippen LogP contribution is 2.33. The van der Waals surface area contributed by atoms with Gasteiger partial charge in [0.2, 0.25) is 0 Å². The number of benzene rings is 1. The van der Waals surface area contributed by atoms with E-state index in [-0.39, 0.29) is 12.4 Å². The monoisotopic (exact) mass is 425 g/mol. The first-order valence-corrected chi connectivity index (χ1v) is 11.3. The molecule has 4 rings (SSSR count). The van der Waals surface area contributed by atoms with Crippen molar-refractivity contribution < 1.29 is 14.3 Å². The second-order valence-corrected chi connectivity index (χ2v) is 8.92. The molecule has 0 radical (unpaired) electrons. The number of para-hydroxylation sites is 1. The van der Waals surface area contributed by atoms with Crippen molar-refractivity contribution in [2.24, 2.45) is 0 Å². The molecular weight excluding hydrogens is 398 g/mol. The zero-order chi connectivity index (χ0) is 21.3. The Hall–Kier alpha value is -2.51. The fraction of sp³-hybridized carbons (Fsp3) is 0.435. The number of nitrogens with zero attached hydrogens (tertiary/aromatic N) is 2. The SMILES string of the molecule is CCOC(=O)c1c(C)[nH]c(C)c1C(=O)CN1CCC[C@@H](c2nc3ccccc3s2)C1. The maximum Gasteiger partial charge on any atom is 0.340 e. The summed E-state index contributed by atoms with van der Waals surface area (Å²) in [6, 6.07) is 8.21. The van der Waals surface area contributed by atoms with Crippen LogP contribution in [0.2, 0.25) is 0 Å². The summed E-state index contributed by atoms with van der Waals surface area (Å²) in [6.45, 7) is 7.68. The normalized spacial score (nSPS) is 17.4. The van der Waals surface area contributed by atoms with E-state index in [1.54, 1.807) is 25.2 Å². The highest BCUT2D eigenvalue weighted by molar-refractivity contribution is 7.18. The first-order chi connectivity index (χ1) is 14.5. The molecule has 0 spiro atoms. The number of carbonyl (C=O) groups is 2. The van der Waals surface area contributed by atoms with Crippen LogP contribution in [0, 0.1) is 13.8 Å². The van der Waals surface area contributed by atoms with Crippen molar-refractivity contribution in [1.82, 2.24) is 14.9 Å². The van der Waals surface area contributed by atoms with Gasteiger partial charge in [0, 0.05) is 23.9 Å². The summed E-state index contributed by atoms with van der Waals surface area (Å²) >= 11 is 1.75. The Morgan fingerprint density at radius 1 is 1.23 bits per heavy atom. The van der Waals surface area contributed by atoms with E-state index in [1.165, 1.54) is 4.70 Å². The van der Waals surface area contributed by atoms with Crippen molar-refractivity contribution in [3.8, 4) is 0 Å². The van der Waals surface area contributed by atoms with Crippen LogP contribution in [0.3, 0.4) is 0 Å². The lowest BCUT2D eigenvalue weighted by Crippen LogP contribution is -2.38. The Bertz CT molecular complexity index is 1050.